The smallest absolute Gasteiger partial charge is 0.0839 e. The van der Waals surface area contributed by atoms with Gasteiger partial charge >= 0.3 is 0 Å². The van der Waals surface area contributed by atoms with Crippen LogP contribution < -0.4 is 5.48 Å². The first kappa shape index (κ1) is 7.47. The standard InChI is InChI=1S/C7H9NOS/c1-2-6(8-9)7-4-3-5-10-7/h2-6,8-9H,1H2/t6-/m0/s1. The monoisotopic (exact) mass is 155 g/mol. The van der Waals surface area contributed by atoms with Gasteiger partial charge in [0.2, 0.25) is 0 Å². The van der Waals surface area contributed by atoms with Crippen LogP contribution in [0.3, 0.4) is 0 Å². The Hall–Kier alpha value is -0.640. The van der Waals surface area contributed by atoms with Crippen LogP contribution in [0.15, 0.2) is 30.2 Å². The molecule has 1 rings (SSSR count). The highest BCUT2D eigenvalue weighted by Crippen LogP contribution is 2.18. The zero-order chi connectivity index (χ0) is 7.40. The molecule has 0 aliphatic rings. The number of rotatable bonds is 3. The average Bonchev–Trinajstić information content (AvgIpc) is 2.43. The number of hydrogen-bond donors (Lipinski definition) is 2. The van der Waals surface area contributed by atoms with Gasteiger partial charge in [-0.05, 0) is 11.4 Å². The summed E-state index contributed by atoms with van der Waals surface area (Å²) in [6, 6.07) is 3.76. The van der Waals surface area contributed by atoms with Gasteiger partial charge in [-0.1, -0.05) is 12.1 Å². The molecule has 0 amide bonds. The molecule has 0 bridgehead atoms. The van der Waals surface area contributed by atoms with Crippen LogP contribution in [-0.4, -0.2) is 5.21 Å². The van der Waals surface area contributed by atoms with Gasteiger partial charge in [0.15, 0.2) is 0 Å². The molecule has 2 N–H and O–H groups in total. The van der Waals surface area contributed by atoms with Crippen LogP contribution in [-0.2, 0) is 0 Å². The van der Waals surface area contributed by atoms with Crippen LogP contribution in [0, 0.1) is 0 Å². The van der Waals surface area contributed by atoms with Crippen LogP contribution in [0.5, 0.6) is 0 Å². The molecule has 0 fully saturated rings. The molecule has 0 aromatic carbocycles. The van der Waals surface area contributed by atoms with Crippen molar-refractivity contribution in [1.29, 1.82) is 0 Å². The second-order valence-corrected chi connectivity index (χ2v) is 2.84. The quantitative estimate of drug-likeness (QED) is 0.516. The summed E-state index contributed by atoms with van der Waals surface area (Å²) < 4.78 is 0. The van der Waals surface area contributed by atoms with E-state index in [0.29, 0.717) is 0 Å². The maximum atomic E-state index is 8.58. The van der Waals surface area contributed by atoms with E-state index >= 15 is 0 Å². The van der Waals surface area contributed by atoms with Crippen molar-refractivity contribution in [2.75, 3.05) is 0 Å². The van der Waals surface area contributed by atoms with Crippen LogP contribution in [0.4, 0.5) is 0 Å². The van der Waals surface area contributed by atoms with Crippen LogP contribution in [0.25, 0.3) is 0 Å². The lowest BCUT2D eigenvalue weighted by Gasteiger charge is -2.05. The van der Waals surface area contributed by atoms with E-state index in [1.165, 1.54) is 0 Å². The Balaban J connectivity index is 2.73. The summed E-state index contributed by atoms with van der Waals surface area (Å²) in [6.45, 7) is 3.57. The van der Waals surface area contributed by atoms with E-state index in [1.54, 1.807) is 17.4 Å². The fourth-order valence-electron chi connectivity index (χ4n) is 0.701. The Morgan fingerprint density at radius 1 is 1.80 bits per heavy atom. The van der Waals surface area contributed by atoms with Gasteiger partial charge < -0.3 is 5.21 Å². The molecule has 1 aromatic heterocycles. The zero-order valence-corrected chi connectivity index (χ0v) is 6.27. The molecule has 0 aliphatic heterocycles. The molecular weight excluding hydrogens is 146 g/mol. The molecular formula is C7H9NOS. The highest BCUT2D eigenvalue weighted by atomic mass is 32.1. The van der Waals surface area contributed by atoms with E-state index in [4.69, 9.17) is 5.21 Å². The number of hydrogen-bond acceptors (Lipinski definition) is 3. The molecule has 0 aliphatic carbocycles. The summed E-state index contributed by atoms with van der Waals surface area (Å²) in [7, 11) is 0. The van der Waals surface area contributed by atoms with Crippen LogP contribution >= 0.6 is 11.3 Å². The van der Waals surface area contributed by atoms with E-state index in [-0.39, 0.29) is 6.04 Å². The minimum Gasteiger partial charge on any atom is -0.316 e. The van der Waals surface area contributed by atoms with Gasteiger partial charge in [-0.3, -0.25) is 0 Å². The fourth-order valence-corrected chi connectivity index (χ4v) is 1.47. The van der Waals surface area contributed by atoms with Crippen LogP contribution in [0.2, 0.25) is 0 Å². The van der Waals surface area contributed by atoms with E-state index < -0.39 is 0 Å². The first-order valence-electron chi connectivity index (χ1n) is 2.94. The third-order valence-electron chi connectivity index (χ3n) is 1.22. The molecule has 0 radical (unpaired) electrons. The molecule has 10 heavy (non-hydrogen) atoms. The van der Waals surface area contributed by atoms with E-state index in [9.17, 15) is 0 Å². The first-order valence-corrected chi connectivity index (χ1v) is 3.82. The third kappa shape index (κ3) is 1.44. The summed E-state index contributed by atoms with van der Waals surface area (Å²) in [5.74, 6) is 0. The van der Waals surface area contributed by atoms with Crippen molar-refractivity contribution >= 4 is 11.3 Å². The molecule has 0 unspecified atom stereocenters. The molecule has 54 valence electrons. The molecule has 1 aromatic rings. The van der Waals surface area contributed by atoms with Gasteiger partial charge in [-0.15, -0.1) is 17.9 Å². The first-order chi connectivity index (χ1) is 4.88. The Bertz CT molecular complexity index is 195. The summed E-state index contributed by atoms with van der Waals surface area (Å²) in [5, 5.41) is 10.5. The van der Waals surface area contributed by atoms with Gasteiger partial charge in [0.05, 0.1) is 6.04 Å². The predicted octanol–water partition coefficient (Wildman–Crippen LogP) is 1.95. The molecule has 2 nitrogen and oxygen atoms in total. The zero-order valence-electron chi connectivity index (χ0n) is 5.45. The minimum absolute atomic E-state index is 0.125. The normalized spacial score (nSPS) is 12.9. The number of thiophene rings is 1. The molecule has 0 spiro atoms. The second-order valence-electron chi connectivity index (χ2n) is 1.86. The van der Waals surface area contributed by atoms with E-state index in [0.717, 1.165) is 4.88 Å². The summed E-state index contributed by atoms with van der Waals surface area (Å²) in [5.41, 5.74) is 2.15. The summed E-state index contributed by atoms with van der Waals surface area (Å²) in [6.07, 6.45) is 1.66. The molecule has 1 atom stereocenters. The predicted molar refractivity (Wildman–Crippen MR) is 42.2 cm³/mol. The Labute approximate surface area is 63.8 Å². The SMILES string of the molecule is C=C[C@H](NO)c1cccs1. The molecule has 3 heteroatoms. The lowest BCUT2D eigenvalue weighted by molar-refractivity contribution is 0.145. The van der Waals surface area contributed by atoms with Gasteiger partial charge in [0.25, 0.3) is 0 Å². The van der Waals surface area contributed by atoms with Crippen molar-refractivity contribution in [3.63, 3.8) is 0 Å². The largest absolute Gasteiger partial charge is 0.316 e. The topological polar surface area (TPSA) is 32.3 Å². The Morgan fingerprint density at radius 3 is 3.00 bits per heavy atom. The van der Waals surface area contributed by atoms with Gasteiger partial charge in [-0.2, -0.15) is 5.48 Å². The van der Waals surface area contributed by atoms with Gasteiger partial charge in [-0.25, -0.2) is 0 Å². The number of hydroxylamine groups is 1. The summed E-state index contributed by atoms with van der Waals surface area (Å²) in [4.78, 5) is 1.07. The average molecular weight is 155 g/mol. The minimum atomic E-state index is -0.125. The highest BCUT2D eigenvalue weighted by Gasteiger charge is 2.04. The lowest BCUT2D eigenvalue weighted by atomic mass is 10.2. The van der Waals surface area contributed by atoms with E-state index in [1.807, 2.05) is 17.5 Å². The number of nitrogens with one attached hydrogen (secondary N) is 1. The second kappa shape index (κ2) is 3.51. The maximum absolute atomic E-state index is 8.58. The Kier molecular flexibility index (Phi) is 2.62. The van der Waals surface area contributed by atoms with Crippen molar-refractivity contribution in [1.82, 2.24) is 5.48 Å². The van der Waals surface area contributed by atoms with Crippen molar-refractivity contribution < 1.29 is 5.21 Å². The molecule has 0 saturated carbocycles. The fraction of sp³-hybridized carbons (Fsp3) is 0.143. The van der Waals surface area contributed by atoms with Crippen molar-refractivity contribution in [2.24, 2.45) is 0 Å². The maximum Gasteiger partial charge on any atom is 0.0839 e. The van der Waals surface area contributed by atoms with Gasteiger partial charge in [0, 0.05) is 4.88 Å². The van der Waals surface area contributed by atoms with E-state index in [2.05, 4.69) is 12.1 Å². The Morgan fingerprint density at radius 2 is 2.60 bits per heavy atom. The highest BCUT2D eigenvalue weighted by molar-refractivity contribution is 7.10. The summed E-state index contributed by atoms with van der Waals surface area (Å²) >= 11 is 1.59. The van der Waals surface area contributed by atoms with Crippen molar-refractivity contribution in [3.8, 4) is 0 Å². The van der Waals surface area contributed by atoms with Crippen molar-refractivity contribution in [2.45, 2.75) is 6.04 Å². The van der Waals surface area contributed by atoms with Crippen molar-refractivity contribution in [3.05, 3.63) is 35.0 Å². The third-order valence-corrected chi connectivity index (χ3v) is 2.18. The molecule has 1 heterocycles. The van der Waals surface area contributed by atoms with Crippen LogP contribution in [0.1, 0.15) is 10.9 Å². The van der Waals surface area contributed by atoms with Gasteiger partial charge in [0.1, 0.15) is 0 Å². The molecule has 0 saturated heterocycles. The lowest BCUT2D eigenvalue weighted by Crippen LogP contribution is -2.12.